The number of hydrogen-bond acceptors (Lipinski definition) is 2. The number of fused-ring (bicyclic) bond motifs is 1. The van der Waals surface area contributed by atoms with E-state index in [0.717, 1.165) is 10.8 Å². The van der Waals surface area contributed by atoms with E-state index >= 15 is 0 Å². The van der Waals surface area contributed by atoms with Crippen LogP contribution in [0.15, 0.2) is 48.5 Å². The van der Waals surface area contributed by atoms with Gasteiger partial charge in [0.05, 0.1) is 0 Å². The van der Waals surface area contributed by atoms with Gasteiger partial charge in [-0.15, -0.1) is 0 Å². The fraction of sp³-hybridized carbons (Fsp3) is 0.0667. The van der Waals surface area contributed by atoms with Crippen LogP contribution in [0.5, 0.6) is 0 Å². The van der Waals surface area contributed by atoms with Crippen LogP contribution in [0.2, 0.25) is 0 Å². The van der Waals surface area contributed by atoms with Crippen molar-refractivity contribution in [3.8, 4) is 11.3 Å². The molecule has 2 nitrogen and oxygen atoms in total. The Morgan fingerprint density at radius 1 is 0.952 bits per heavy atom. The zero-order chi connectivity index (χ0) is 15.0. The zero-order valence-corrected chi connectivity index (χ0v) is 11.4. The summed E-state index contributed by atoms with van der Waals surface area (Å²) >= 11 is 4.82. The van der Waals surface area contributed by atoms with Crippen molar-refractivity contribution in [3.63, 3.8) is 0 Å². The van der Waals surface area contributed by atoms with Gasteiger partial charge >= 0.3 is 6.18 Å². The minimum atomic E-state index is -4.56. The van der Waals surface area contributed by atoms with E-state index in [1.807, 2.05) is 36.4 Å². The van der Waals surface area contributed by atoms with Crippen LogP contribution in [0.25, 0.3) is 22.0 Å². The van der Waals surface area contributed by atoms with E-state index in [1.165, 1.54) is 6.07 Å². The quantitative estimate of drug-likeness (QED) is 0.642. The van der Waals surface area contributed by atoms with Crippen molar-refractivity contribution >= 4 is 23.0 Å². The number of aromatic amines is 1. The van der Waals surface area contributed by atoms with Crippen molar-refractivity contribution in [2.45, 2.75) is 6.18 Å². The third kappa shape index (κ3) is 2.80. The number of nitrogens with one attached hydrogen (secondary N) is 1. The molecule has 0 saturated carbocycles. The molecule has 6 heteroatoms. The number of hydrogen-bond donors (Lipinski definition) is 1. The van der Waals surface area contributed by atoms with Crippen LogP contribution in [-0.4, -0.2) is 9.97 Å². The van der Waals surface area contributed by atoms with Crippen molar-refractivity contribution in [1.29, 1.82) is 0 Å². The molecule has 0 aliphatic rings. The molecule has 1 aromatic heterocycles. The van der Waals surface area contributed by atoms with Gasteiger partial charge in [-0.3, -0.25) is 0 Å². The highest BCUT2D eigenvalue weighted by Gasteiger charge is 2.34. The fourth-order valence-corrected chi connectivity index (χ4v) is 2.31. The summed E-state index contributed by atoms with van der Waals surface area (Å²) in [5, 5.41) is 1.96. The average Bonchev–Trinajstić information content (AvgIpc) is 2.45. The van der Waals surface area contributed by atoms with Gasteiger partial charge in [-0.25, -0.2) is 4.98 Å². The molecule has 3 aromatic rings. The van der Waals surface area contributed by atoms with Crippen LogP contribution in [0, 0.1) is 4.64 Å². The van der Waals surface area contributed by atoms with Crippen LogP contribution in [0.1, 0.15) is 5.82 Å². The third-order valence-corrected chi connectivity index (χ3v) is 3.28. The summed E-state index contributed by atoms with van der Waals surface area (Å²) in [6.45, 7) is 0. The molecule has 0 amide bonds. The zero-order valence-electron chi connectivity index (χ0n) is 10.6. The van der Waals surface area contributed by atoms with E-state index < -0.39 is 12.0 Å². The molecular formula is C15H9F3N2S. The molecule has 0 spiro atoms. The number of alkyl halides is 3. The Hall–Kier alpha value is -2.21. The second kappa shape index (κ2) is 4.96. The summed E-state index contributed by atoms with van der Waals surface area (Å²) in [6.07, 6.45) is -4.56. The monoisotopic (exact) mass is 306 g/mol. The Labute approximate surface area is 123 Å². The lowest BCUT2D eigenvalue weighted by atomic mass is 10.1. The first-order chi connectivity index (χ1) is 9.93. The first-order valence-corrected chi connectivity index (χ1v) is 6.52. The number of H-pyrrole nitrogens is 1. The molecule has 0 aliphatic heterocycles. The summed E-state index contributed by atoms with van der Waals surface area (Å²) in [5.74, 6) is -1.09. The Bertz CT molecular complexity index is 868. The molecule has 2 aromatic carbocycles. The largest absolute Gasteiger partial charge is 0.449 e. The van der Waals surface area contributed by atoms with Gasteiger partial charge in [0.1, 0.15) is 4.64 Å². The highest BCUT2D eigenvalue weighted by molar-refractivity contribution is 7.71. The van der Waals surface area contributed by atoms with E-state index in [4.69, 9.17) is 12.2 Å². The van der Waals surface area contributed by atoms with Gasteiger partial charge in [-0.05, 0) is 28.5 Å². The van der Waals surface area contributed by atoms with Gasteiger partial charge in [0.15, 0.2) is 0 Å². The molecule has 0 bridgehead atoms. The summed E-state index contributed by atoms with van der Waals surface area (Å²) in [4.78, 5) is 5.63. The Morgan fingerprint density at radius 3 is 2.38 bits per heavy atom. The van der Waals surface area contributed by atoms with Crippen molar-refractivity contribution in [2.24, 2.45) is 0 Å². The topological polar surface area (TPSA) is 28.7 Å². The molecule has 0 atom stereocenters. The summed E-state index contributed by atoms with van der Waals surface area (Å²) in [7, 11) is 0. The molecule has 106 valence electrons. The molecule has 0 radical (unpaired) electrons. The summed E-state index contributed by atoms with van der Waals surface area (Å²) < 4.78 is 38.2. The van der Waals surface area contributed by atoms with Crippen LogP contribution in [0.4, 0.5) is 13.2 Å². The highest BCUT2D eigenvalue weighted by atomic mass is 32.1. The van der Waals surface area contributed by atoms with Gasteiger partial charge in [0, 0.05) is 5.69 Å². The average molecular weight is 306 g/mol. The van der Waals surface area contributed by atoms with Crippen molar-refractivity contribution < 1.29 is 13.2 Å². The maximum absolute atomic E-state index is 12.8. The predicted octanol–water partition coefficient (Wildman–Crippen LogP) is 4.98. The van der Waals surface area contributed by atoms with Crippen molar-refractivity contribution in [3.05, 3.63) is 59.0 Å². The highest BCUT2D eigenvalue weighted by Crippen LogP contribution is 2.29. The number of aromatic nitrogens is 2. The maximum atomic E-state index is 12.8. The molecule has 0 aliphatic carbocycles. The van der Waals surface area contributed by atoms with Gasteiger partial charge in [0.2, 0.25) is 5.82 Å². The Kier molecular flexibility index (Phi) is 3.25. The van der Waals surface area contributed by atoms with Crippen LogP contribution in [0.3, 0.4) is 0 Å². The molecule has 0 saturated heterocycles. The van der Waals surface area contributed by atoms with E-state index in [9.17, 15) is 13.2 Å². The number of nitrogens with zero attached hydrogens (tertiary/aromatic N) is 1. The van der Waals surface area contributed by atoms with Crippen LogP contribution >= 0.6 is 12.2 Å². The number of rotatable bonds is 1. The first kappa shape index (κ1) is 13.8. The van der Waals surface area contributed by atoms with Crippen molar-refractivity contribution in [1.82, 2.24) is 9.97 Å². The second-order valence-electron chi connectivity index (χ2n) is 4.54. The van der Waals surface area contributed by atoms with Crippen molar-refractivity contribution in [2.75, 3.05) is 0 Å². The molecule has 0 fully saturated rings. The van der Waals surface area contributed by atoms with Gasteiger partial charge in [-0.1, -0.05) is 48.6 Å². The van der Waals surface area contributed by atoms with E-state index in [2.05, 4.69) is 9.97 Å². The van der Waals surface area contributed by atoms with E-state index in [1.54, 1.807) is 6.07 Å². The normalized spacial score (nSPS) is 11.8. The van der Waals surface area contributed by atoms with Crippen LogP contribution in [-0.2, 0) is 6.18 Å². The van der Waals surface area contributed by atoms with Crippen LogP contribution < -0.4 is 0 Å². The molecule has 21 heavy (non-hydrogen) atoms. The van der Waals surface area contributed by atoms with Gasteiger partial charge < -0.3 is 4.98 Å². The third-order valence-electron chi connectivity index (χ3n) is 3.07. The molecule has 3 rings (SSSR count). The fourth-order valence-electron chi connectivity index (χ4n) is 2.10. The Morgan fingerprint density at radius 2 is 1.67 bits per heavy atom. The number of halogens is 3. The molecule has 0 unspecified atom stereocenters. The lowest BCUT2D eigenvalue weighted by molar-refractivity contribution is -0.144. The first-order valence-electron chi connectivity index (χ1n) is 6.11. The molecular weight excluding hydrogens is 297 g/mol. The standard InChI is InChI=1S/C15H9F3N2S/c16-15(17,18)14-19-12(8-13(21)20-14)11-6-5-9-3-1-2-4-10(9)7-11/h1-8H,(H,19,20,21). The predicted molar refractivity (Wildman–Crippen MR) is 77.4 cm³/mol. The lowest BCUT2D eigenvalue weighted by Gasteiger charge is -2.09. The second-order valence-corrected chi connectivity index (χ2v) is 4.96. The summed E-state index contributed by atoms with van der Waals surface area (Å²) in [6, 6.07) is 14.5. The lowest BCUT2D eigenvalue weighted by Crippen LogP contribution is -2.11. The van der Waals surface area contributed by atoms with E-state index in [0.29, 0.717) is 11.3 Å². The SMILES string of the molecule is FC(F)(F)c1nc(=S)cc(-c2ccc3ccccc3c2)[nH]1. The molecule has 1 heterocycles. The van der Waals surface area contributed by atoms with E-state index in [-0.39, 0.29) is 4.64 Å². The smallest absolute Gasteiger partial charge is 0.336 e. The molecule has 1 N–H and O–H groups in total. The minimum absolute atomic E-state index is 0.0933. The number of benzene rings is 2. The minimum Gasteiger partial charge on any atom is -0.336 e. The Balaban J connectivity index is 2.18. The summed E-state index contributed by atoms with van der Waals surface area (Å²) in [5.41, 5.74) is 0.931. The maximum Gasteiger partial charge on any atom is 0.449 e. The van der Waals surface area contributed by atoms with Gasteiger partial charge in [-0.2, -0.15) is 13.2 Å². The van der Waals surface area contributed by atoms with Gasteiger partial charge in [0.25, 0.3) is 0 Å².